The fourth-order valence-electron chi connectivity index (χ4n) is 3.20. The molecule has 0 aliphatic carbocycles. The van der Waals surface area contributed by atoms with E-state index in [-0.39, 0.29) is 11.9 Å². The molecule has 2 amide bonds. The van der Waals surface area contributed by atoms with Crippen LogP contribution in [0.2, 0.25) is 0 Å². The van der Waals surface area contributed by atoms with Gasteiger partial charge in [-0.3, -0.25) is 0 Å². The van der Waals surface area contributed by atoms with Crippen LogP contribution in [0.5, 0.6) is 0 Å². The maximum absolute atomic E-state index is 13.3. The van der Waals surface area contributed by atoms with E-state index in [4.69, 9.17) is 0 Å². The van der Waals surface area contributed by atoms with Gasteiger partial charge in [0.1, 0.15) is 0 Å². The molecule has 0 bridgehead atoms. The molecule has 1 aromatic carbocycles. The highest BCUT2D eigenvalue weighted by Gasteiger charge is 2.21. The molecule has 1 fully saturated rings. The van der Waals surface area contributed by atoms with Gasteiger partial charge in [0.05, 0.1) is 0 Å². The van der Waals surface area contributed by atoms with E-state index in [1.54, 1.807) is 18.0 Å². The number of rotatable bonds is 5. The number of benzene rings is 1. The number of carbonyl (C=O) groups excluding carboxylic acids is 1. The molecule has 1 N–H and O–H groups in total. The number of piperidine rings is 1. The Balaban J connectivity index is 1.79. The largest absolute Gasteiger partial charge is 0.337 e. The van der Waals surface area contributed by atoms with E-state index in [1.165, 1.54) is 12.5 Å². The van der Waals surface area contributed by atoms with Crippen molar-refractivity contribution in [1.82, 2.24) is 15.1 Å². The van der Waals surface area contributed by atoms with Gasteiger partial charge in [-0.1, -0.05) is 13.0 Å². The third kappa shape index (κ3) is 5.16. The van der Waals surface area contributed by atoms with Crippen LogP contribution in [0.3, 0.4) is 0 Å². The zero-order chi connectivity index (χ0) is 17.7. The van der Waals surface area contributed by atoms with Crippen LogP contribution < -0.4 is 5.32 Å². The number of amides is 2. The van der Waals surface area contributed by atoms with Gasteiger partial charge < -0.3 is 15.1 Å². The zero-order valence-electron chi connectivity index (χ0n) is 14.7. The van der Waals surface area contributed by atoms with Crippen LogP contribution >= 0.6 is 0 Å². The molecule has 1 heterocycles. The average Bonchev–Trinajstić information content (AvgIpc) is 2.54. The van der Waals surface area contributed by atoms with E-state index in [0.717, 1.165) is 32.1 Å². The summed E-state index contributed by atoms with van der Waals surface area (Å²) in [6.07, 6.45) is 2.32. The Morgan fingerprint density at radius 1 is 1.42 bits per heavy atom. The van der Waals surface area contributed by atoms with Crippen molar-refractivity contribution in [1.29, 1.82) is 0 Å². The predicted molar refractivity (Wildman–Crippen MR) is 91.0 cm³/mol. The highest BCUT2D eigenvalue weighted by molar-refractivity contribution is 5.73. The van der Waals surface area contributed by atoms with E-state index in [1.807, 2.05) is 6.92 Å². The Morgan fingerprint density at radius 2 is 2.17 bits per heavy atom. The number of likely N-dealkylation sites (tertiary alicyclic amines) is 1. The van der Waals surface area contributed by atoms with Crippen molar-refractivity contribution in [2.45, 2.75) is 25.7 Å². The van der Waals surface area contributed by atoms with Gasteiger partial charge in [-0.25, -0.2) is 13.6 Å². The molecular formula is C18H27F2N3O. The molecule has 0 saturated carbocycles. The Labute approximate surface area is 142 Å². The first-order valence-electron chi connectivity index (χ1n) is 8.49. The zero-order valence-corrected chi connectivity index (χ0v) is 14.7. The molecule has 4 nitrogen and oxygen atoms in total. The number of nitrogens with one attached hydrogen (secondary N) is 1. The highest BCUT2D eigenvalue weighted by Crippen LogP contribution is 2.18. The first-order valence-corrected chi connectivity index (χ1v) is 8.49. The second kappa shape index (κ2) is 8.42. The summed E-state index contributed by atoms with van der Waals surface area (Å²) in [7, 11) is 3.90. The van der Waals surface area contributed by atoms with E-state index in [0.29, 0.717) is 18.0 Å². The summed E-state index contributed by atoms with van der Waals surface area (Å²) < 4.78 is 26.3. The first kappa shape index (κ1) is 18.6. The van der Waals surface area contributed by atoms with Crippen molar-refractivity contribution in [3.8, 4) is 0 Å². The lowest BCUT2D eigenvalue weighted by Crippen LogP contribution is -2.44. The van der Waals surface area contributed by atoms with Gasteiger partial charge in [0, 0.05) is 26.7 Å². The van der Waals surface area contributed by atoms with Crippen molar-refractivity contribution in [3.05, 3.63) is 35.4 Å². The van der Waals surface area contributed by atoms with Crippen molar-refractivity contribution < 1.29 is 13.6 Å². The van der Waals surface area contributed by atoms with Crippen LogP contribution in [0.15, 0.2) is 18.2 Å². The van der Waals surface area contributed by atoms with Crippen LogP contribution in [-0.4, -0.2) is 56.1 Å². The standard InChI is InChI=1S/C18H27F2N3O/c1-13(15-6-7-16(19)17(20)9-15)10-21-18(24)23(3)12-14-5-4-8-22(2)11-14/h6-7,9,13-14H,4-5,8,10-12H2,1-3H3,(H,21,24)/t13-,14+/m0/s1. The third-order valence-electron chi connectivity index (χ3n) is 4.67. The van der Waals surface area contributed by atoms with Gasteiger partial charge in [0.25, 0.3) is 0 Å². The lowest BCUT2D eigenvalue weighted by molar-refractivity contribution is 0.163. The molecule has 1 aromatic rings. The van der Waals surface area contributed by atoms with Gasteiger partial charge in [-0.05, 0) is 56.0 Å². The molecule has 0 spiro atoms. The van der Waals surface area contributed by atoms with Crippen molar-refractivity contribution in [2.24, 2.45) is 5.92 Å². The van der Waals surface area contributed by atoms with E-state index in [9.17, 15) is 13.6 Å². The molecule has 6 heteroatoms. The van der Waals surface area contributed by atoms with Crippen LogP contribution in [0.25, 0.3) is 0 Å². The van der Waals surface area contributed by atoms with E-state index in [2.05, 4.69) is 17.3 Å². The van der Waals surface area contributed by atoms with E-state index >= 15 is 0 Å². The monoisotopic (exact) mass is 339 g/mol. The van der Waals surface area contributed by atoms with E-state index < -0.39 is 11.6 Å². The van der Waals surface area contributed by atoms with Crippen LogP contribution in [0.4, 0.5) is 13.6 Å². The summed E-state index contributed by atoms with van der Waals surface area (Å²) in [6.45, 7) is 5.14. The van der Waals surface area contributed by atoms with Crippen LogP contribution in [0.1, 0.15) is 31.2 Å². The predicted octanol–water partition coefficient (Wildman–Crippen LogP) is 3.05. The summed E-state index contributed by atoms with van der Waals surface area (Å²) in [5.41, 5.74) is 0.672. The lowest BCUT2D eigenvalue weighted by atomic mass is 9.98. The summed E-state index contributed by atoms with van der Waals surface area (Å²) in [5.74, 6) is -1.29. The first-order chi connectivity index (χ1) is 11.4. The number of halogens is 2. The van der Waals surface area contributed by atoms with Gasteiger partial charge in [0.2, 0.25) is 0 Å². The Morgan fingerprint density at radius 3 is 2.83 bits per heavy atom. The number of hydrogen-bond acceptors (Lipinski definition) is 2. The molecular weight excluding hydrogens is 312 g/mol. The minimum atomic E-state index is -0.857. The molecule has 1 aliphatic rings. The number of urea groups is 1. The molecule has 2 rings (SSSR count). The second-order valence-electron chi connectivity index (χ2n) is 6.91. The Hall–Kier alpha value is -1.69. The van der Waals surface area contributed by atoms with Gasteiger partial charge in [0.15, 0.2) is 11.6 Å². The molecule has 0 unspecified atom stereocenters. The summed E-state index contributed by atoms with van der Waals surface area (Å²) in [5, 5.41) is 2.87. The van der Waals surface area contributed by atoms with Crippen LogP contribution in [-0.2, 0) is 0 Å². The normalized spacial score (nSPS) is 19.8. The molecule has 0 radical (unpaired) electrons. The molecule has 2 atom stereocenters. The fraction of sp³-hybridized carbons (Fsp3) is 0.611. The van der Waals surface area contributed by atoms with Gasteiger partial charge in [-0.2, -0.15) is 0 Å². The quantitative estimate of drug-likeness (QED) is 0.895. The molecule has 1 aliphatic heterocycles. The summed E-state index contributed by atoms with van der Waals surface area (Å²) in [4.78, 5) is 16.2. The number of nitrogens with zero attached hydrogens (tertiary/aromatic N) is 2. The lowest BCUT2D eigenvalue weighted by Gasteiger charge is -2.32. The Bertz CT molecular complexity index is 567. The second-order valence-corrected chi connectivity index (χ2v) is 6.91. The van der Waals surface area contributed by atoms with Gasteiger partial charge >= 0.3 is 6.03 Å². The minimum absolute atomic E-state index is 0.0849. The topological polar surface area (TPSA) is 35.6 Å². The van der Waals surface area contributed by atoms with Crippen LogP contribution in [0, 0.1) is 17.6 Å². The summed E-state index contributed by atoms with van der Waals surface area (Å²) in [6, 6.07) is 3.73. The van der Waals surface area contributed by atoms with Crippen molar-refractivity contribution in [3.63, 3.8) is 0 Å². The van der Waals surface area contributed by atoms with Crippen molar-refractivity contribution in [2.75, 3.05) is 40.3 Å². The third-order valence-corrected chi connectivity index (χ3v) is 4.67. The SMILES string of the molecule is C[C@@H](CNC(=O)N(C)C[C@@H]1CCCN(C)C1)c1ccc(F)c(F)c1. The number of carbonyl (C=O) groups is 1. The maximum atomic E-state index is 13.3. The molecule has 134 valence electrons. The van der Waals surface area contributed by atoms with Gasteiger partial charge in [-0.15, -0.1) is 0 Å². The Kier molecular flexibility index (Phi) is 6.54. The fourth-order valence-corrected chi connectivity index (χ4v) is 3.20. The minimum Gasteiger partial charge on any atom is -0.337 e. The number of hydrogen-bond donors (Lipinski definition) is 1. The summed E-state index contributed by atoms with van der Waals surface area (Å²) >= 11 is 0. The molecule has 0 aromatic heterocycles. The molecule has 1 saturated heterocycles. The maximum Gasteiger partial charge on any atom is 0.317 e. The average molecular weight is 339 g/mol. The smallest absolute Gasteiger partial charge is 0.317 e. The highest BCUT2D eigenvalue weighted by atomic mass is 19.2. The van der Waals surface area contributed by atoms with Crippen molar-refractivity contribution >= 4 is 6.03 Å². The molecule has 24 heavy (non-hydrogen) atoms.